The first-order valence-electron chi connectivity index (χ1n) is 8.83. The number of nitrogens with zero attached hydrogens (tertiary/aromatic N) is 4. The van der Waals surface area contributed by atoms with Gasteiger partial charge in [0.05, 0.1) is 30.8 Å². The molecule has 0 amide bonds. The van der Waals surface area contributed by atoms with Crippen molar-refractivity contribution in [2.45, 2.75) is 32.0 Å². The number of alkyl halides is 5. The molecule has 154 valence electrons. The van der Waals surface area contributed by atoms with Gasteiger partial charge >= 0.3 is 6.18 Å². The molecule has 1 aliphatic carbocycles. The molecule has 1 saturated carbocycles. The third-order valence-electron chi connectivity index (χ3n) is 5.08. The summed E-state index contributed by atoms with van der Waals surface area (Å²) in [6, 6.07) is -0.128. The van der Waals surface area contributed by atoms with Crippen molar-refractivity contribution in [2.75, 3.05) is 31.0 Å². The lowest BCUT2D eigenvalue weighted by atomic mass is 9.99. The van der Waals surface area contributed by atoms with Gasteiger partial charge in [0.15, 0.2) is 0 Å². The molecule has 28 heavy (non-hydrogen) atoms. The highest BCUT2D eigenvalue weighted by Gasteiger charge is 2.36. The van der Waals surface area contributed by atoms with Crippen molar-refractivity contribution < 1.29 is 22.0 Å². The summed E-state index contributed by atoms with van der Waals surface area (Å²) in [5, 5.41) is 9.66. The van der Waals surface area contributed by atoms with Crippen LogP contribution in [0.3, 0.4) is 0 Å². The third-order valence-corrected chi connectivity index (χ3v) is 5.08. The van der Waals surface area contributed by atoms with Gasteiger partial charge in [-0.05, 0) is 31.6 Å². The van der Waals surface area contributed by atoms with E-state index < -0.39 is 25.1 Å². The van der Waals surface area contributed by atoms with Crippen molar-refractivity contribution in [3.63, 3.8) is 0 Å². The molecule has 11 heteroatoms. The topological polar surface area (TPSA) is 67.7 Å². The van der Waals surface area contributed by atoms with Crippen molar-refractivity contribution in [1.82, 2.24) is 19.7 Å². The van der Waals surface area contributed by atoms with Crippen molar-refractivity contribution in [2.24, 2.45) is 11.8 Å². The van der Waals surface area contributed by atoms with E-state index in [9.17, 15) is 22.0 Å². The molecule has 0 aromatic carbocycles. The smallest absolute Gasteiger partial charge is 0.372 e. The Morgan fingerprint density at radius 1 is 1.18 bits per heavy atom. The van der Waals surface area contributed by atoms with Crippen LogP contribution in [0.25, 0.3) is 0 Å². The fourth-order valence-electron chi connectivity index (χ4n) is 3.53. The van der Waals surface area contributed by atoms with Gasteiger partial charge in [0.2, 0.25) is 5.95 Å². The Bertz CT molecular complexity index is 809. The number of hydrogen-bond acceptors (Lipinski definition) is 5. The van der Waals surface area contributed by atoms with E-state index in [0.29, 0.717) is 30.4 Å². The molecular weight excluding hydrogens is 383 g/mol. The summed E-state index contributed by atoms with van der Waals surface area (Å²) in [5.74, 6) is -1.02. The summed E-state index contributed by atoms with van der Waals surface area (Å²) in [6.07, 6.45) is -1.22. The number of aromatic nitrogens is 4. The normalized spacial score (nSPS) is 22.5. The minimum Gasteiger partial charge on any atom is -0.372 e. The van der Waals surface area contributed by atoms with Crippen molar-refractivity contribution in [3.05, 3.63) is 23.7 Å². The standard InChI is InChI=1S/C17H21F5N6/c1-9-14(8-28(27-9)12-3-10(5-18)11(4-12)6-19)25-16-24-7-13(17(20,21)22)15(23-2)26-16/h7-8,10-12H,3-6H2,1-2H3,(H2,23,24,25,26)/t10-,11?,12?/m0/s1. The second-order valence-corrected chi connectivity index (χ2v) is 6.89. The van der Waals surface area contributed by atoms with Crippen LogP contribution < -0.4 is 10.6 Å². The maximum atomic E-state index is 13.1. The monoisotopic (exact) mass is 404 g/mol. The first kappa shape index (κ1) is 20.3. The van der Waals surface area contributed by atoms with Gasteiger partial charge in [0.25, 0.3) is 0 Å². The summed E-state index contributed by atoms with van der Waals surface area (Å²) < 4.78 is 66.6. The first-order valence-corrected chi connectivity index (χ1v) is 8.83. The van der Waals surface area contributed by atoms with E-state index in [1.54, 1.807) is 17.8 Å². The van der Waals surface area contributed by atoms with Crippen molar-refractivity contribution in [3.8, 4) is 0 Å². The van der Waals surface area contributed by atoms with Gasteiger partial charge in [-0.3, -0.25) is 13.5 Å². The van der Waals surface area contributed by atoms with Crippen LogP contribution in [0.4, 0.5) is 39.4 Å². The molecule has 6 nitrogen and oxygen atoms in total. The molecule has 2 aromatic rings. The molecule has 1 fully saturated rings. The SMILES string of the molecule is CNc1nc(Nc2cn(C3CC(CF)[C@H](CF)C3)nc2C)ncc1C(F)(F)F. The fourth-order valence-corrected chi connectivity index (χ4v) is 3.53. The van der Waals surface area contributed by atoms with Gasteiger partial charge in [0, 0.05) is 19.4 Å². The van der Waals surface area contributed by atoms with Crippen LogP contribution >= 0.6 is 0 Å². The van der Waals surface area contributed by atoms with Crippen LogP contribution in [0.1, 0.15) is 30.1 Å². The predicted octanol–water partition coefficient (Wildman–Crippen LogP) is 4.29. The molecular formula is C17H21F5N6. The molecule has 0 radical (unpaired) electrons. The van der Waals surface area contributed by atoms with Gasteiger partial charge in [-0.1, -0.05) is 0 Å². The molecule has 2 aromatic heterocycles. The summed E-state index contributed by atoms with van der Waals surface area (Å²) in [5.41, 5.74) is 0.130. The lowest BCUT2D eigenvalue weighted by Crippen LogP contribution is -2.12. The second kappa shape index (κ2) is 7.88. The van der Waals surface area contributed by atoms with Crippen molar-refractivity contribution in [1.29, 1.82) is 0 Å². The quantitative estimate of drug-likeness (QED) is 0.703. The fraction of sp³-hybridized carbons (Fsp3) is 0.588. The number of rotatable bonds is 6. The molecule has 2 heterocycles. The average Bonchev–Trinajstić information content (AvgIpc) is 3.24. The number of anilines is 3. The average molecular weight is 404 g/mol. The Morgan fingerprint density at radius 2 is 1.82 bits per heavy atom. The van der Waals surface area contributed by atoms with Crippen LogP contribution in [0, 0.1) is 18.8 Å². The zero-order valence-corrected chi connectivity index (χ0v) is 15.4. The Hall–Kier alpha value is -2.46. The zero-order chi connectivity index (χ0) is 20.5. The summed E-state index contributed by atoms with van der Waals surface area (Å²) in [7, 11) is 1.34. The molecule has 0 spiro atoms. The summed E-state index contributed by atoms with van der Waals surface area (Å²) in [6.45, 7) is 0.585. The maximum absolute atomic E-state index is 13.1. The Balaban J connectivity index is 1.79. The minimum absolute atomic E-state index is 0.0188. The van der Waals surface area contributed by atoms with Crippen LogP contribution in [0.5, 0.6) is 0 Å². The molecule has 3 rings (SSSR count). The van der Waals surface area contributed by atoms with E-state index in [1.165, 1.54) is 7.05 Å². The number of nitrogens with one attached hydrogen (secondary N) is 2. The molecule has 1 aliphatic rings. The lowest BCUT2D eigenvalue weighted by molar-refractivity contribution is -0.137. The zero-order valence-electron chi connectivity index (χ0n) is 15.4. The Labute approximate surface area is 158 Å². The highest BCUT2D eigenvalue weighted by Crippen LogP contribution is 2.40. The van der Waals surface area contributed by atoms with Gasteiger partial charge < -0.3 is 10.6 Å². The first-order chi connectivity index (χ1) is 13.3. The van der Waals surface area contributed by atoms with Crippen molar-refractivity contribution >= 4 is 17.5 Å². The van der Waals surface area contributed by atoms with Gasteiger partial charge in [-0.15, -0.1) is 0 Å². The number of hydrogen-bond donors (Lipinski definition) is 2. The lowest BCUT2D eigenvalue weighted by Gasteiger charge is -2.12. The van der Waals surface area contributed by atoms with Gasteiger partial charge in [-0.2, -0.15) is 23.3 Å². The minimum atomic E-state index is -4.57. The van der Waals surface area contributed by atoms with Crippen LogP contribution in [0.2, 0.25) is 0 Å². The number of aryl methyl sites for hydroxylation is 1. The Morgan fingerprint density at radius 3 is 2.36 bits per heavy atom. The second-order valence-electron chi connectivity index (χ2n) is 6.89. The van der Waals surface area contributed by atoms with E-state index >= 15 is 0 Å². The Kier molecular flexibility index (Phi) is 5.71. The van der Waals surface area contributed by atoms with E-state index in [0.717, 1.165) is 0 Å². The summed E-state index contributed by atoms with van der Waals surface area (Å²) >= 11 is 0. The molecule has 2 N–H and O–H groups in total. The largest absolute Gasteiger partial charge is 0.421 e. The van der Waals surface area contributed by atoms with E-state index in [1.807, 2.05) is 0 Å². The van der Waals surface area contributed by atoms with E-state index in [4.69, 9.17) is 0 Å². The third kappa shape index (κ3) is 4.02. The van der Waals surface area contributed by atoms with Gasteiger partial charge in [0.1, 0.15) is 11.4 Å². The highest BCUT2D eigenvalue weighted by atomic mass is 19.4. The number of halogens is 5. The van der Waals surface area contributed by atoms with E-state index in [2.05, 4.69) is 25.7 Å². The molecule has 0 aliphatic heterocycles. The van der Waals surface area contributed by atoms with E-state index in [-0.39, 0.29) is 29.6 Å². The van der Waals surface area contributed by atoms with Crippen LogP contribution in [-0.2, 0) is 6.18 Å². The molecule has 3 atom stereocenters. The highest BCUT2D eigenvalue weighted by molar-refractivity contribution is 5.57. The van der Waals surface area contributed by atoms with Crippen LogP contribution in [0.15, 0.2) is 12.4 Å². The predicted molar refractivity (Wildman–Crippen MR) is 94.0 cm³/mol. The van der Waals surface area contributed by atoms with Gasteiger partial charge in [-0.25, -0.2) is 4.98 Å². The molecule has 0 saturated heterocycles. The molecule has 2 unspecified atom stereocenters. The van der Waals surface area contributed by atoms with Crippen LogP contribution in [-0.4, -0.2) is 40.1 Å². The maximum Gasteiger partial charge on any atom is 0.421 e. The molecule has 0 bridgehead atoms. The summed E-state index contributed by atoms with van der Waals surface area (Å²) in [4.78, 5) is 7.59.